The second-order valence-electron chi connectivity index (χ2n) is 3.23. The fourth-order valence-corrected chi connectivity index (χ4v) is 2.02. The van der Waals surface area contributed by atoms with E-state index < -0.39 is 33.1 Å². The molecule has 0 N–H and O–H groups in total. The van der Waals surface area contributed by atoms with Crippen LogP contribution in [0.15, 0.2) is 0 Å². The average Bonchev–Trinajstić information content (AvgIpc) is 2.02. The van der Waals surface area contributed by atoms with Gasteiger partial charge in [-0.05, 0) is 0 Å². The van der Waals surface area contributed by atoms with E-state index in [1.54, 1.807) is 13.8 Å². The van der Waals surface area contributed by atoms with Crippen LogP contribution in [0.3, 0.4) is 0 Å². The standard InChI is InChI=1S/C8H14O5S/c1-6(2)7(9)4-14(11,12)5-8(10)13-3/h6H,4-5H2,1-3H3. The maximum Gasteiger partial charge on any atom is 0.320 e. The summed E-state index contributed by atoms with van der Waals surface area (Å²) in [5.41, 5.74) is 0. The molecule has 0 aromatic carbocycles. The predicted octanol–water partition coefficient (Wildman–Crippen LogP) is -0.201. The maximum atomic E-state index is 11.2. The van der Waals surface area contributed by atoms with Crippen LogP contribution in [0.25, 0.3) is 0 Å². The van der Waals surface area contributed by atoms with Crippen LogP contribution >= 0.6 is 0 Å². The Morgan fingerprint density at radius 2 is 1.71 bits per heavy atom. The van der Waals surface area contributed by atoms with E-state index in [0.717, 1.165) is 7.11 Å². The maximum absolute atomic E-state index is 11.2. The van der Waals surface area contributed by atoms with Crippen LogP contribution in [-0.4, -0.2) is 38.8 Å². The lowest BCUT2D eigenvalue weighted by atomic mass is 10.1. The highest BCUT2D eigenvalue weighted by Gasteiger charge is 2.22. The Hall–Kier alpha value is -0.910. The molecule has 0 radical (unpaired) electrons. The van der Waals surface area contributed by atoms with Crippen LogP contribution in [0, 0.1) is 5.92 Å². The highest BCUT2D eigenvalue weighted by Crippen LogP contribution is 2.00. The first-order valence-corrected chi connectivity index (χ1v) is 5.90. The van der Waals surface area contributed by atoms with Crippen molar-refractivity contribution in [2.75, 3.05) is 18.6 Å². The van der Waals surface area contributed by atoms with Crippen LogP contribution in [0.1, 0.15) is 13.8 Å². The first kappa shape index (κ1) is 13.1. The molecule has 0 aliphatic carbocycles. The highest BCUT2D eigenvalue weighted by atomic mass is 32.2. The van der Waals surface area contributed by atoms with Gasteiger partial charge >= 0.3 is 5.97 Å². The zero-order chi connectivity index (χ0) is 11.4. The summed E-state index contributed by atoms with van der Waals surface area (Å²) in [6, 6.07) is 0. The van der Waals surface area contributed by atoms with Crippen molar-refractivity contribution >= 4 is 21.6 Å². The molecule has 0 fully saturated rings. The van der Waals surface area contributed by atoms with Crippen LogP contribution in [0.2, 0.25) is 0 Å². The normalized spacial score (nSPS) is 11.4. The SMILES string of the molecule is COC(=O)CS(=O)(=O)CC(=O)C(C)C. The largest absolute Gasteiger partial charge is 0.468 e. The van der Waals surface area contributed by atoms with Gasteiger partial charge in [0.2, 0.25) is 0 Å². The molecule has 14 heavy (non-hydrogen) atoms. The van der Waals surface area contributed by atoms with Crippen molar-refractivity contribution in [2.45, 2.75) is 13.8 Å². The molecule has 0 atom stereocenters. The smallest absolute Gasteiger partial charge is 0.320 e. The Bertz CT molecular complexity index is 315. The Balaban J connectivity index is 4.37. The Morgan fingerprint density at radius 1 is 1.21 bits per heavy atom. The summed E-state index contributed by atoms with van der Waals surface area (Å²) >= 11 is 0. The second kappa shape index (κ2) is 5.09. The van der Waals surface area contributed by atoms with Crippen LogP contribution in [0.4, 0.5) is 0 Å². The van der Waals surface area contributed by atoms with Gasteiger partial charge in [0, 0.05) is 5.92 Å². The van der Waals surface area contributed by atoms with Crippen molar-refractivity contribution in [2.24, 2.45) is 5.92 Å². The van der Waals surface area contributed by atoms with Crippen molar-refractivity contribution in [3.05, 3.63) is 0 Å². The molecule has 0 amide bonds. The topological polar surface area (TPSA) is 77.5 Å². The number of esters is 1. The molecular formula is C8H14O5S. The first-order valence-electron chi connectivity index (χ1n) is 4.08. The number of ether oxygens (including phenoxy) is 1. The van der Waals surface area contributed by atoms with E-state index in [1.165, 1.54) is 0 Å². The van der Waals surface area contributed by atoms with Gasteiger partial charge in [0.15, 0.2) is 9.84 Å². The third-order valence-electron chi connectivity index (χ3n) is 1.57. The quantitative estimate of drug-likeness (QED) is 0.602. The fourth-order valence-electron chi connectivity index (χ4n) is 0.673. The summed E-state index contributed by atoms with van der Waals surface area (Å²) in [4.78, 5) is 21.8. The minimum absolute atomic E-state index is 0.345. The number of Topliss-reactive ketones (excluding diaryl/α,β-unsaturated/α-hetero) is 1. The van der Waals surface area contributed by atoms with Gasteiger partial charge in [0.1, 0.15) is 17.3 Å². The van der Waals surface area contributed by atoms with Crippen LogP contribution in [0.5, 0.6) is 0 Å². The summed E-state index contributed by atoms with van der Waals surface area (Å²) in [7, 11) is -2.56. The number of ketones is 1. The monoisotopic (exact) mass is 222 g/mol. The van der Waals surface area contributed by atoms with E-state index in [1.807, 2.05) is 0 Å². The van der Waals surface area contributed by atoms with Gasteiger partial charge in [0.25, 0.3) is 0 Å². The van der Waals surface area contributed by atoms with Gasteiger partial charge < -0.3 is 4.74 Å². The number of methoxy groups -OCH3 is 1. The molecule has 0 aliphatic heterocycles. The molecule has 82 valence electrons. The number of carbonyl (C=O) groups is 2. The van der Waals surface area contributed by atoms with Gasteiger partial charge in [0.05, 0.1) is 7.11 Å². The summed E-state index contributed by atoms with van der Waals surface area (Å²) < 4.78 is 26.6. The third kappa shape index (κ3) is 4.96. The summed E-state index contributed by atoms with van der Waals surface area (Å²) in [6.45, 7) is 3.21. The van der Waals surface area contributed by atoms with E-state index in [4.69, 9.17) is 0 Å². The minimum Gasteiger partial charge on any atom is -0.468 e. The van der Waals surface area contributed by atoms with Gasteiger partial charge in [-0.2, -0.15) is 0 Å². The lowest BCUT2D eigenvalue weighted by Gasteiger charge is -2.04. The molecule has 6 heteroatoms. The molecule has 0 bridgehead atoms. The number of hydrogen-bond donors (Lipinski definition) is 0. The average molecular weight is 222 g/mol. The van der Waals surface area contributed by atoms with Gasteiger partial charge in [-0.3, -0.25) is 9.59 Å². The van der Waals surface area contributed by atoms with Crippen LogP contribution in [-0.2, 0) is 24.2 Å². The van der Waals surface area contributed by atoms with Gasteiger partial charge in [-0.25, -0.2) is 8.42 Å². The van der Waals surface area contributed by atoms with Crippen molar-refractivity contribution in [1.82, 2.24) is 0 Å². The molecule has 0 saturated heterocycles. The molecule has 0 spiro atoms. The lowest BCUT2D eigenvalue weighted by molar-refractivity contribution is -0.137. The zero-order valence-corrected chi connectivity index (χ0v) is 9.26. The van der Waals surface area contributed by atoms with E-state index in [-0.39, 0.29) is 5.92 Å². The van der Waals surface area contributed by atoms with Crippen molar-refractivity contribution < 1.29 is 22.7 Å². The third-order valence-corrected chi connectivity index (χ3v) is 2.97. The molecule has 0 rings (SSSR count). The summed E-state index contributed by atoms with van der Waals surface area (Å²) in [6.07, 6.45) is 0. The number of carbonyl (C=O) groups excluding carboxylic acids is 2. The molecule has 0 aromatic rings. The molecule has 0 unspecified atom stereocenters. The van der Waals surface area contributed by atoms with E-state index in [0.29, 0.717) is 0 Å². The van der Waals surface area contributed by atoms with Crippen molar-refractivity contribution in [1.29, 1.82) is 0 Å². The molecular weight excluding hydrogens is 208 g/mol. The fraction of sp³-hybridized carbons (Fsp3) is 0.750. The molecule has 5 nitrogen and oxygen atoms in total. The first-order chi connectivity index (χ1) is 6.28. The molecule has 0 heterocycles. The molecule has 0 aromatic heterocycles. The highest BCUT2D eigenvalue weighted by molar-refractivity contribution is 7.92. The van der Waals surface area contributed by atoms with E-state index >= 15 is 0 Å². The van der Waals surface area contributed by atoms with Gasteiger partial charge in [-0.15, -0.1) is 0 Å². The van der Waals surface area contributed by atoms with E-state index in [9.17, 15) is 18.0 Å². The van der Waals surface area contributed by atoms with Crippen molar-refractivity contribution in [3.8, 4) is 0 Å². The summed E-state index contributed by atoms with van der Waals surface area (Å²) in [5, 5.41) is 0. The Labute approximate surface area is 83.4 Å². The Morgan fingerprint density at radius 3 is 2.07 bits per heavy atom. The zero-order valence-electron chi connectivity index (χ0n) is 8.44. The van der Waals surface area contributed by atoms with Gasteiger partial charge in [-0.1, -0.05) is 13.8 Å². The van der Waals surface area contributed by atoms with Crippen LogP contribution < -0.4 is 0 Å². The van der Waals surface area contributed by atoms with Crippen molar-refractivity contribution in [3.63, 3.8) is 0 Å². The summed E-state index contributed by atoms with van der Waals surface area (Å²) in [5.74, 6) is -2.92. The Kier molecular flexibility index (Phi) is 4.76. The number of rotatable bonds is 5. The predicted molar refractivity (Wildman–Crippen MR) is 50.5 cm³/mol. The molecule has 0 aliphatic rings. The minimum atomic E-state index is -3.66. The molecule has 0 saturated carbocycles. The number of hydrogen-bond acceptors (Lipinski definition) is 5. The number of sulfone groups is 1. The van der Waals surface area contributed by atoms with E-state index in [2.05, 4.69) is 4.74 Å². The second-order valence-corrected chi connectivity index (χ2v) is 5.29. The lowest BCUT2D eigenvalue weighted by Crippen LogP contribution is -2.26.